The number of ether oxygens (including phenoxy) is 1. The molecule has 0 bridgehead atoms. The van der Waals surface area contributed by atoms with Crippen molar-refractivity contribution in [2.75, 3.05) is 6.61 Å². The highest BCUT2D eigenvalue weighted by Crippen LogP contribution is 2.27. The van der Waals surface area contributed by atoms with Crippen LogP contribution in [0.3, 0.4) is 0 Å². The SMILES string of the molecule is OCCc1cccc(OC(F)(F)C(F)F)c1. The van der Waals surface area contributed by atoms with E-state index in [-0.39, 0.29) is 18.8 Å². The Kier molecular flexibility index (Phi) is 4.12. The Balaban J connectivity index is 2.77. The number of hydrogen-bond donors (Lipinski definition) is 1. The molecule has 0 fully saturated rings. The fourth-order valence-corrected chi connectivity index (χ4v) is 1.10. The normalized spacial score (nSPS) is 11.9. The van der Waals surface area contributed by atoms with Gasteiger partial charge in [-0.05, 0) is 24.1 Å². The lowest BCUT2D eigenvalue weighted by molar-refractivity contribution is -0.253. The van der Waals surface area contributed by atoms with E-state index in [2.05, 4.69) is 4.74 Å². The van der Waals surface area contributed by atoms with Crippen molar-refractivity contribution in [3.8, 4) is 5.75 Å². The summed E-state index contributed by atoms with van der Waals surface area (Å²) in [4.78, 5) is 0. The summed E-state index contributed by atoms with van der Waals surface area (Å²) >= 11 is 0. The average Bonchev–Trinajstić information content (AvgIpc) is 2.17. The zero-order chi connectivity index (χ0) is 12.2. The first-order valence-electron chi connectivity index (χ1n) is 4.50. The third-order valence-corrected chi connectivity index (χ3v) is 1.81. The Hall–Kier alpha value is -1.30. The predicted molar refractivity (Wildman–Crippen MR) is 48.8 cm³/mol. The van der Waals surface area contributed by atoms with Crippen LogP contribution in [-0.2, 0) is 6.42 Å². The molecule has 2 nitrogen and oxygen atoms in total. The summed E-state index contributed by atoms with van der Waals surface area (Å²) in [6.45, 7) is -0.158. The maximum atomic E-state index is 12.5. The standard InChI is InChI=1S/C10H10F4O2/c11-9(12)10(13,14)16-8-3-1-2-7(6-8)4-5-15/h1-3,6,9,15H,4-5H2. The van der Waals surface area contributed by atoms with Crippen molar-refractivity contribution in [1.29, 1.82) is 0 Å². The highest BCUT2D eigenvalue weighted by atomic mass is 19.3. The van der Waals surface area contributed by atoms with E-state index in [0.29, 0.717) is 5.56 Å². The van der Waals surface area contributed by atoms with Crippen molar-refractivity contribution < 1.29 is 27.4 Å². The number of benzene rings is 1. The van der Waals surface area contributed by atoms with Crippen LogP contribution in [-0.4, -0.2) is 24.2 Å². The molecule has 0 aromatic heterocycles. The maximum Gasteiger partial charge on any atom is 0.461 e. The highest BCUT2D eigenvalue weighted by molar-refractivity contribution is 5.28. The molecule has 1 N–H and O–H groups in total. The van der Waals surface area contributed by atoms with Gasteiger partial charge in [0.2, 0.25) is 0 Å². The van der Waals surface area contributed by atoms with Gasteiger partial charge in [-0.1, -0.05) is 12.1 Å². The first kappa shape index (κ1) is 12.8. The number of rotatable bonds is 5. The van der Waals surface area contributed by atoms with Gasteiger partial charge in [0.1, 0.15) is 5.75 Å². The molecule has 0 aliphatic rings. The van der Waals surface area contributed by atoms with E-state index >= 15 is 0 Å². The molecule has 0 atom stereocenters. The van der Waals surface area contributed by atoms with Gasteiger partial charge in [0.25, 0.3) is 0 Å². The van der Waals surface area contributed by atoms with Crippen molar-refractivity contribution in [3.05, 3.63) is 29.8 Å². The van der Waals surface area contributed by atoms with Crippen molar-refractivity contribution >= 4 is 0 Å². The summed E-state index contributed by atoms with van der Waals surface area (Å²) in [7, 11) is 0. The minimum atomic E-state index is -4.50. The Morgan fingerprint density at radius 1 is 1.31 bits per heavy atom. The molecule has 0 saturated carbocycles. The zero-order valence-corrected chi connectivity index (χ0v) is 8.17. The van der Waals surface area contributed by atoms with Crippen LogP contribution in [0, 0.1) is 0 Å². The minimum absolute atomic E-state index is 0.158. The second kappa shape index (κ2) is 5.16. The monoisotopic (exact) mass is 238 g/mol. The maximum absolute atomic E-state index is 12.5. The molecule has 0 aliphatic carbocycles. The van der Waals surface area contributed by atoms with E-state index in [0.717, 1.165) is 6.07 Å². The molecule has 0 saturated heterocycles. The van der Waals surface area contributed by atoms with Gasteiger partial charge in [0.15, 0.2) is 0 Å². The lowest BCUT2D eigenvalue weighted by atomic mass is 10.1. The molecule has 16 heavy (non-hydrogen) atoms. The smallest absolute Gasteiger partial charge is 0.428 e. The average molecular weight is 238 g/mol. The summed E-state index contributed by atoms with van der Waals surface area (Å²) in [6, 6.07) is 5.30. The van der Waals surface area contributed by atoms with E-state index < -0.39 is 12.5 Å². The topological polar surface area (TPSA) is 29.5 Å². The van der Waals surface area contributed by atoms with Gasteiger partial charge in [-0.15, -0.1) is 0 Å². The van der Waals surface area contributed by atoms with E-state index in [9.17, 15) is 17.6 Å². The summed E-state index contributed by atoms with van der Waals surface area (Å²) in [5, 5.41) is 8.62. The van der Waals surface area contributed by atoms with Crippen molar-refractivity contribution in [1.82, 2.24) is 0 Å². The van der Waals surface area contributed by atoms with Crippen LogP contribution in [0.2, 0.25) is 0 Å². The van der Waals surface area contributed by atoms with Crippen molar-refractivity contribution in [2.24, 2.45) is 0 Å². The van der Waals surface area contributed by atoms with E-state index in [4.69, 9.17) is 5.11 Å². The molecule has 1 aromatic rings. The van der Waals surface area contributed by atoms with Crippen molar-refractivity contribution in [3.63, 3.8) is 0 Å². The fraction of sp³-hybridized carbons (Fsp3) is 0.400. The van der Waals surface area contributed by atoms with Crippen molar-refractivity contribution in [2.45, 2.75) is 19.0 Å². The van der Waals surface area contributed by atoms with Gasteiger partial charge in [-0.2, -0.15) is 17.6 Å². The first-order chi connectivity index (χ1) is 7.45. The van der Waals surface area contributed by atoms with Crippen LogP contribution in [0.5, 0.6) is 5.75 Å². The first-order valence-corrected chi connectivity index (χ1v) is 4.50. The van der Waals surface area contributed by atoms with Gasteiger partial charge in [0, 0.05) is 6.61 Å². The zero-order valence-electron chi connectivity index (χ0n) is 8.17. The second-order valence-electron chi connectivity index (χ2n) is 3.09. The van der Waals surface area contributed by atoms with E-state index in [1.165, 1.54) is 12.1 Å². The number of halogens is 4. The molecule has 0 aliphatic heterocycles. The molecule has 0 spiro atoms. The molecule has 90 valence electrons. The molecule has 1 aromatic carbocycles. The molecule has 6 heteroatoms. The predicted octanol–water partition coefficient (Wildman–Crippen LogP) is 2.46. The molecule has 0 radical (unpaired) electrons. The van der Waals surface area contributed by atoms with Crippen LogP contribution in [0.25, 0.3) is 0 Å². The van der Waals surface area contributed by atoms with E-state index in [1.54, 1.807) is 6.07 Å². The number of aliphatic hydroxyl groups excluding tert-OH is 1. The van der Waals surface area contributed by atoms with Gasteiger partial charge in [-0.3, -0.25) is 0 Å². The summed E-state index contributed by atoms with van der Waals surface area (Å²) in [5.41, 5.74) is 0.532. The lowest BCUT2D eigenvalue weighted by Crippen LogP contribution is -2.33. The molecule has 0 amide bonds. The Morgan fingerprint density at radius 2 is 2.00 bits per heavy atom. The number of alkyl halides is 4. The van der Waals surface area contributed by atoms with Crippen LogP contribution < -0.4 is 4.74 Å². The number of aliphatic hydroxyl groups is 1. The summed E-state index contributed by atoms with van der Waals surface area (Å²) in [6.07, 6.45) is -8.14. The molecular formula is C10H10F4O2. The van der Waals surface area contributed by atoms with Gasteiger partial charge >= 0.3 is 12.5 Å². The molecule has 1 rings (SSSR count). The summed E-state index contributed by atoms with van der Waals surface area (Å²) < 4.78 is 52.6. The van der Waals surface area contributed by atoms with Gasteiger partial charge < -0.3 is 9.84 Å². The van der Waals surface area contributed by atoms with Crippen LogP contribution in [0.15, 0.2) is 24.3 Å². The van der Waals surface area contributed by atoms with Crippen LogP contribution >= 0.6 is 0 Å². The third kappa shape index (κ3) is 3.37. The minimum Gasteiger partial charge on any atom is -0.428 e. The molecule has 0 heterocycles. The quantitative estimate of drug-likeness (QED) is 0.798. The molecule has 0 unspecified atom stereocenters. The third-order valence-electron chi connectivity index (χ3n) is 1.81. The Labute approximate surface area is 89.5 Å². The Morgan fingerprint density at radius 3 is 2.56 bits per heavy atom. The highest BCUT2D eigenvalue weighted by Gasteiger charge is 2.43. The molecular weight excluding hydrogens is 228 g/mol. The largest absolute Gasteiger partial charge is 0.461 e. The fourth-order valence-electron chi connectivity index (χ4n) is 1.10. The lowest BCUT2D eigenvalue weighted by Gasteiger charge is -2.17. The van der Waals surface area contributed by atoms with Crippen LogP contribution in [0.1, 0.15) is 5.56 Å². The van der Waals surface area contributed by atoms with Crippen LogP contribution in [0.4, 0.5) is 17.6 Å². The van der Waals surface area contributed by atoms with Gasteiger partial charge in [0.05, 0.1) is 0 Å². The van der Waals surface area contributed by atoms with E-state index in [1.807, 2.05) is 0 Å². The van der Waals surface area contributed by atoms with Gasteiger partial charge in [-0.25, -0.2) is 0 Å². The second-order valence-corrected chi connectivity index (χ2v) is 3.09. The Bertz CT molecular complexity index is 341. The summed E-state index contributed by atoms with van der Waals surface area (Å²) in [5.74, 6) is -0.351. The number of hydrogen-bond acceptors (Lipinski definition) is 2.